The predicted molar refractivity (Wildman–Crippen MR) is 117 cm³/mol. The fourth-order valence-electron chi connectivity index (χ4n) is 3.05. The van der Waals surface area contributed by atoms with Crippen molar-refractivity contribution in [1.29, 1.82) is 0 Å². The number of hydrogen-bond acceptors (Lipinski definition) is 6. The van der Waals surface area contributed by atoms with Gasteiger partial charge in [0.25, 0.3) is 0 Å². The van der Waals surface area contributed by atoms with E-state index in [1.807, 2.05) is 0 Å². The standard InChI is InChI=1S/C24H24F2N2O5/c1-15(28-32-12-11-25)21(24(29)30)13-17-3-9-20(10-4-17)31-14-22-16(2)33-23(27-22)18-5-7-19(26)8-6-18/h3-10,21H,11-14H2,1-2H3,(H,29,30)/b28-15+. The highest BCUT2D eigenvalue weighted by Crippen LogP contribution is 2.23. The third-order valence-electron chi connectivity index (χ3n) is 4.90. The summed E-state index contributed by atoms with van der Waals surface area (Å²) in [6, 6.07) is 12.9. The molecule has 1 atom stereocenters. The molecule has 1 aromatic heterocycles. The number of nitrogens with zero attached hydrogens (tertiary/aromatic N) is 2. The molecule has 1 unspecified atom stereocenters. The molecule has 2 aromatic carbocycles. The first-order valence-electron chi connectivity index (χ1n) is 10.3. The molecule has 0 radical (unpaired) electrons. The van der Waals surface area contributed by atoms with E-state index in [-0.39, 0.29) is 31.2 Å². The van der Waals surface area contributed by atoms with Gasteiger partial charge in [-0.25, -0.2) is 13.8 Å². The summed E-state index contributed by atoms with van der Waals surface area (Å²) in [6.45, 7) is 2.57. The van der Waals surface area contributed by atoms with Crippen molar-refractivity contribution in [3.63, 3.8) is 0 Å². The van der Waals surface area contributed by atoms with E-state index in [1.54, 1.807) is 43.3 Å². The van der Waals surface area contributed by atoms with E-state index >= 15 is 0 Å². The Bertz CT molecular complexity index is 1100. The Labute approximate surface area is 189 Å². The molecule has 0 bridgehead atoms. The number of carbonyl (C=O) groups is 1. The van der Waals surface area contributed by atoms with Crippen LogP contribution in [0.25, 0.3) is 11.5 Å². The average molecular weight is 458 g/mol. The second-order valence-electron chi connectivity index (χ2n) is 7.31. The number of benzene rings is 2. The number of carboxylic acid groups (broad SMARTS) is 1. The molecular formula is C24H24F2N2O5. The number of oxime groups is 1. The Hall–Kier alpha value is -3.75. The van der Waals surface area contributed by atoms with Crippen LogP contribution in [0.3, 0.4) is 0 Å². The number of aromatic nitrogens is 1. The molecule has 0 saturated carbocycles. The molecule has 0 aliphatic heterocycles. The maximum Gasteiger partial charge on any atom is 0.312 e. The summed E-state index contributed by atoms with van der Waals surface area (Å²) in [5, 5.41) is 13.2. The van der Waals surface area contributed by atoms with Crippen LogP contribution in [-0.2, 0) is 22.7 Å². The van der Waals surface area contributed by atoms with Crippen LogP contribution in [0.1, 0.15) is 23.9 Å². The van der Waals surface area contributed by atoms with Gasteiger partial charge in [-0.3, -0.25) is 4.79 Å². The quantitative estimate of drug-likeness (QED) is 0.248. The number of alkyl halides is 1. The van der Waals surface area contributed by atoms with Gasteiger partial charge in [0, 0.05) is 5.56 Å². The summed E-state index contributed by atoms with van der Waals surface area (Å²) in [4.78, 5) is 20.8. The maximum absolute atomic E-state index is 13.1. The molecule has 1 N–H and O–H groups in total. The van der Waals surface area contributed by atoms with Crippen molar-refractivity contribution >= 4 is 11.7 Å². The Morgan fingerprint density at radius 2 is 1.88 bits per heavy atom. The third kappa shape index (κ3) is 6.61. The zero-order valence-corrected chi connectivity index (χ0v) is 18.3. The van der Waals surface area contributed by atoms with Gasteiger partial charge < -0.3 is 19.1 Å². The molecule has 7 nitrogen and oxygen atoms in total. The molecule has 0 saturated heterocycles. The van der Waals surface area contributed by atoms with Crippen LogP contribution in [0.4, 0.5) is 8.78 Å². The number of ether oxygens (including phenoxy) is 1. The van der Waals surface area contributed by atoms with Gasteiger partial charge in [-0.2, -0.15) is 0 Å². The van der Waals surface area contributed by atoms with E-state index in [4.69, 9.17) is 14.0 Å². The second-order valence-corrected chi connectivity index (χ2v) is 7.31. The summed E-state index contributed by atoms with van der Waals surface area (Å²) in [5.74, 6) is -0.712. The highest BCUT2D eigenvalue weighted by Gasteiger charge is 2.22. The molecule has 1 heterocycles. The first-order chi connectivity index (χ1) is 15.9. The van der Waals surface area contributed by atoms with Gasteiger partial charge in [0.1, 0.15) is 48.8 Å². The minimum absolute atomic E-state index is 0.172. The van der Waals surface area contributed by atoms with Crippen LogP contribution in [0, 0.1) is 18.7 Å². The highest BCUT2D eigenvalue weighted by atomic mass is 19.1. The second kappa shape index (κ2) is 11.2. The van der Waals surface area contributed by atoms with Crippen molar-refractivity contribution in [3.05, 3.63) is 71.4 Å². The van der Waals surface area contributed by atoms with Gasteiger partial charge in [-0.1, -0.05) is 17.3 Å². The zero-order valence-electron chi connectivity index (χ0n) is 18.3. The van der Waals surface area contributed by atoms with Crippen LogP contribution >= 0.6 is 0 Å². The lowest BCUT2D eigenvalue weighted by molar-refractivity contribution is -0.139. The van der Waals surface area contributed by atoms with Crippen molar-refractivity contribution in [1.82, 2.24) is 4.98 Å². The molecule has 0 fully saturated rings. The lowest BCUT2D eigenvalue weighted by atomic mass is 9.95. The summed E-state index contributed by atoms with van der Waals surface area (Å²) < 4.78 is 36.7. The Kier molecular flexibility index (Phi) is 8.12. The van der Waals surface area contributed by atoms with Crippen LogP contribution < -0.4 is 4.74 Å². The maximum atomic E-state index is 13.1. The molecule has 0 aliphatic rings. The van der Waals surface area contributed by atoms with E-state index < -0.39 is 18.6 Å². The van der Waals surface area contributed by atoms with E-state index in [0.717, 1.165) is 5.56 Å². The summed E-state index contributed by atoms with van der Waals surface area (Å²) in [6.07, 6.45) is 0.202. The number of rotatable bonds is 11. The van der Waals surface area contributed by atoms with Crippen molar-refractivity contribution in [2.45, 2.75) is 26.9 Å². The Balaban J connectivity index is 1.61. The lowest BCUT2D eigenvalue weighted by Gasteiger charge is -2.12. The van der Waals surface area contributed by atoms with E-state index in [9.17, 15) is 18.7 Å². The molecular weight excluding hydrogens is 434 g/mol. The first-order valence-corrected chi connectivity index (χ1v) is 10.3. The molecule has 3 aromatic rings. The minimum atomic E-state index is -1.04. The molecule has 0 spiro atoms. The van der Waals surface area contributed by atoms with Gasteiger partial charge in [-0.15, -0.1) is 0 Å². The third-order valence-corrected chi connectivity index (χ3v) is 4.90. The fraction of sp³-hybridized carbons (Fsp3) is 0.292. The van der Waals surface area contributed by atoms with Crippen LogP contribution in [-0.4, -0.2) is 35.1 Å². The van der Waals surface area contributed by atoms with E-state index in [0.29, 0.717) is 28.7 Å². The number of hydrogen-bond donors (Lipinski definition) is 1. The Morgan fingerprint density at radius 1 is 1.18 bits per heavy atom. The monoisotopic (exact) mass is 458 g/mol. The molecule has 9 heteroatoms. The normalized spacial score (nSPS) is 12.4. The molecule has 33 heavy (non-hydrogen) atoms. The topological polar surface area (TPSA) is 94.2 Å². The zero-order chi connectivity index (χ0) is 23.8. The first kappa shape index (κ1) is 23.9. The number of aliphatic carboxylic acids is 1. The minimum Gasteiger partial charge on any atom is -0.487 e. The SMILES string of the molecule is C/C(=N\OCCF)C(Cc1ccc(OCc2nc(-c3ccc(F)cc3)oc2C)cc1)C(=O)O. The molecule has 3 rings (SSSR count). The number of aryl methyl sites for hydroxylation is 1. The lowest BCUT2D eigenvalue weighted by Crippen LogP contribution is -2.24. The number of oxazole rings is 1. The van der Waals surface area contributed by atoms with Gasteiger partial charge in [0.05, 0.1) is 5.71 Å². The predicted octanol–water partition coefficient (Wildman–Crippen LogP) is 4.97. The van der Waals surface area contributed by atoms with E-state index in [1.165, 1.54) is 19.1 Å². The van der Waals surface area contributed by atoms with Gasteiger partial charge in [-0.05, 0) is 62.2 Å². The largest absolute Gasteiger partial charge is 0.487 e. The fourth-order valence-corrected chi connectivity index (χ4v) is 3.05. The number of carboxylic acids is 1. The highest BCUT2D eigenvalue weighted by molar-refractivity contribution is 6.00. The van der Waals surface area contributed by atoms with Gasteiger partial charge >= 0.3 is 5.97 Å². The van der Waals surface area contributed by atoms with Crippen LogP contribution in [0.5, 0.6) is 5.75 Å². The number of halogens is 2. The summed E-state index contributed by atoms with van der Waals surface area (Å²) >= 11 is 0. The summed E-state index contributed by atoms with van der Waals surface area (Å²) in [7, 11) is 0. The van der Waals surface area contributed by atoms with Gasteiger partial charge in [0.2, 0.25) is 5.89 Å². The van der Waals surface area contributed by atoms with E-state index in [2.05, 4.69) is 10.1 Å². The molecule has 174 valence electrons. The van der Waals surface area contributed by atoms with Crippen molar-refractivity contribution in [2.24, 2.45) is 11.1 Å². The van der Waals surface area contributed by atoms with Crippen molar-refractivity contribution in [3.8, 4) is 17.2 Å². The Morgan fingerprint density at radius 3 is 2.52 bits per heavy atom. The molecule has 0 aliphatic carbocycles. The van der Waals surface area contributed by atoms with Crippen LogP contribution in [0.2, 0.25) is 0 Å². The van der Waals surface area contributed by atoms with Gasteiger partial charge in [0.15, 0.2) is 0 Å². The van der Waals surface area contributed by atoms with Crippen LogP contribution in [0.15, 0.2) is 58.1 Å². The smallest absolute Gasteiger partial charge is 0.312 e. The van der Waals surface area contributed by atoms with Crippen molar-refractivity contribution < 1.29 is 32.7 Å². The molecule has 0 amide bonds. The summed E-state index contributed by atoms with van der Waals surface area (Å²) in [5.41, 5.74) is 2.31. The van der Waals surface area contributed by atoms with Crippen molar-refractivity contribution in [2.75, 3.05) is 13.3 Å². The average Bonchev–Trinajstić information content (AvgIpc) is 3.17.